The molecule has 17 heavy (non-hydrogen) atoms. The normalized spacial score (nSPS) is 22.2. The van der Waals surface area contributed by atoms with Crippen molar-refractivity contribution in [2.24, 2.45) is 17.6 Å². The molecule has 1 aromatic rings. The maximum atomic E-state index is 11.2. The van der Waals surface area contributed by atoms with Crippen LogP contribution in [0, 0.1) is 11.8 Å². The smallest absolute Gasteiger partial charge is 0.250 e. The fourth-order valence-electron chi connectivity index (χ4n) is 2.20. The van der Waals surface area contributed by atoms with Gasteiger partial charge in [-0.25, -0.2) is 0 Å². The largest absolute Gasteiger partial charge is 0.396 e. The lowest BCUT2D eigenvalue weighted by molar-refractivity contribution is 0.100. The summed E-state index contributed by atoms with van der Waals surface area (Å²) in [5.41, 5.74) is 13.0. The van der Waals surface area contributed by atoms with E-state index in [-0.39, 0.29) is 0 Å². The molecule has 1 aliphatic carbocycles. The Hall–Kier alpha value is -1.71. The summed E-state index contributed by atoms with van der Waals surface area (Å²) < 4.78 is 0. The zero-order valence-corrected chi connectivity index (χ0v) is 10.3. The number of carbonyl (C=O) groups is 1. The fourth-order valence-corrected chi connectivity index (χ4v) is 2.20. The van der Waals surface area contributed by atoms with E-state index in [1.54, 1.807) is 6.07 Å². The highest BCUT2D eigenvalue weighted by Gasteiger charge is 2.33. The molecule has 0 aromatic heterocycles. The molecule has 4 heteroatoms. The van der Waals surface area contributed by atoms with Crippen molar-refractivity contribution in [2.45, 2.75) is 13.3 Å². The van der Waals surface area contributed by atoms with Gasteiger partial charge in [-0.1, -0.05) is 13.0 Å². The van der Waals surface area contributed by atoms with Crippen LogP contribution in [0.25, 0.3) is 0 Å². The molecule has 2 rings (SSSR count). The van der Waals surface area contributed by atoms with Crippen molar-refractivity contribution in [3.8, 4) is 0 Å². The summed E-state index contributed by atoms with van der Waals surface area (Å²) in [4.78, 5) is 13.3. The first-order valence-electron chi connectivity index (χ1n) is 5.90. The maximum Gasteiger partial charge on any atom is 0.250 e. The van der Waals surface area contributed by atoms with E-state index in [1.807, 2.05) is 19.2 Å². The van der Waals surface area contributed by atoms with Gasteiger partial charge >= 0.3 is 0 Å². The molecule has 1 saturated carbocycles. The van der Waals surface area contributed by atoms with E-state index < -0.39 is 5.91 Å². The van der Waals surface area contributed by atoms with Crippen molar-refractivity contribution in [1.29, 1.82) is 0 Å². The number of anilines is 2. The third-order valence-electron chi connectivity index (χ3n) is 3.54. The van der Waals surface area contributed by atoms with Gasteiger partial charge in [-0.05, 0) is 30.4 Å². The van der Waals surface area contributed by atoms with Crippen molar-refractivity contribution in [1.82, 2.24) is 0 Å². The Morgan fingerprint density at radius 2 is 2.18 bits per heavy atom. The number of carbonyl (C=O) groups excluding carboxylic acids is 1. The first-order chi connectivity index (χ1) is 8.00. The second-order valence-corrected chi connectivity index (χ2v) is 4.96. The molecule has 0 spiro atoms. The van der Waals surface area contributed by atoms with Crippen molar-refractivity contribution < 1.29 is 4.79 Å². The molecule has 1 fully saturated rings. The minimum absolute atomic E-state index is 0.401. The Morgan fingerprint density at radius 1 is 1.53 bits per heavy atom. The lowest BCUT2D eigenvalue weighted by Crippen LogP contribution is -2.23. The van der Waals surface area contributed by atoms with Gasteiger partial charge in [0.2, 0.25) is 0 Å². The zero-order valence-electron chi connectivity index (χ0n) is 10.3. The highest BCUT2D eigenvalue weighted by Crippen LogP contribution is 2.39. The van der Waals surface area contributed by atoms with Crippen LogP contribution in [-0.4, -0.2) is 19.5 Å². The topological polar surface area (TPSA) is 72.3 Å². The standard InChI is InChI=1S/C13H19N3O/c1-8-6-9(8)7-16(2)11-5-3-4-10(12(11)14)13(15)17/h3-5,8-9H,6-7,14H2,1-2H3,(H2,15,17). The second kappa shape index (κ2) is 4.28. The number of para-hydroxylation sites is 1. The Bertz CT molecular complexity index is 444. The number of nitrogen functional groups attached to an aromatic ring is 1. The van der Waals surface area contributed by atoms with Gasteiger partial charge in [-0.15, -0.1) is 0 Å². The predicted molar refractivity (Wildman–Crippen MR) is 69.9 cm³/mol. The average molecular weight is 233 g/mol. The molecule has 0 saturated heterocycles. The van der Waals surface area contributed by atoms with Crippen molar-refractivity contribution in [2.75, 3.05) is 24.2 Å². The first kappa shape index (κ1) is 11.8. The molecule has 0 aliphatic heterocycles. The Kier molecular flexibility index (Phi) is 2.96. The Labute approximate surface area is 102 Å². The molecule has 2 unspecified atom stereocenters. The van der Waals surface area contributed by atoms with E-state index in [0.717, 1.165) is 24.1 Å². The van der Waals surface area contributed by atoms with Crippen LogP contribution in [0.1, 0.15) is 23.7 Å². The van der Waals surface area contributed by atoms with Crippen molar-refractivity contribution in [3.63, 3.8) is 0 Å². The minimum Gasteiger partial charge on any atom is -0.396 e. The van der Waals surface area contributed by atoms with Gasteiger partial charge in [0.1, 0.15) is 0 Å². The molecule has 92 valence electrons. The summed E-state index contributed by atoms with van der Waals surface area (Å²) >= 11 is 0. The van der Waals surface area contributed by atoms with E-state index in [9.17, 15) is 4.79 Å². The second-order valence-electron chi connectivity index (χ2n) is 4.96. The molecule has 0 bridgehead atoms. The summed E-state index contributed by atoms with van der Waals surface area (Å²) in [5, 5.41) is 0. The summed E-state index contributed by atoms with van der Waals surface area (Å²) in [6, 6.07) is 5.40. The van der Waals surface area contributed by atoms with Crippen LogP contribution >= 0.6 is 0 Å². The number of benzene rings is 1. The summed E-state index contributed by atoms with van der Waals surface area (Å²) in [7, 11) is 2.00. The van der Waals surface area contributed by atoms with E-state index in [2.05, 4.69) is 11.8 Å². The molecular weight excluding hydrogens is 214 g/mol. The molecule has 0 radical (unpaired) electrons. The lowest BCUT2D eigenvalue weighted by Gasteiger charge is -2.22. The monoisotopic (exact) mass is 233 g/mol. The van der Waals surface area contributed by atoms with Crippen LogP contribution in [0.5, 0.6) is 0 Å². The van der Waals surface area contributed by atoms with Crippen molar-refractivity contribution >= 4 is 17.3 Å². The third kappa shape index (κ3) is 2.35. The van der Waals surface area contributed by atoms with Crippen LogP contribution in [0.4, 0.5) is 11.4 Å². The van der Waals surface area contributed by atoms with Crippen LogP contribution in [0.15, 0.2) is 18.2 Å². The first-order valence-corrected chi connectivity index (χ1v) is 5.90. The molecule has 4 N–H and O–H groups in total. The number of hydrogen-bond donors (Lipinski definition) is 2. The van der Waals surface area contributed by atoms with E-state index in [0.29, 0.717) is 11.3 Å². The molecule has 1 amide bonds. The number of hydrogen-bond acceptors (Lipinski definition) is 3. The number of primary amides is 1. The highest BCUT2D eigenvalue weighted by atomic mass is 16.1. The molecule has 2 atom stereocenters. The third-order valence-corrected chi connectivity index (χ3v) is 3.54. The van der Waals surface area contributed by atoms with E-state index >= 15 is 0 Å². The summed E-state index contributed by atoms with van der Waals surface area (Å²) in [6.45, 7) is 3.23. The van der Waals surface area contributed by atoms with Crippen LogP contribution in [-0.2, 0) is 0 Å². The Balaban J connectivity index is 2.19. The SMILES string of the molecule is CC1CC1CN(C)c1cccc(C(N)=O)c1N. The van der Waals surface area contributed by atoms with Gasteiger partial charge in [-0.3, -0.25) is 4.79 Å². The van der Waals surface area contributed by atoms with Gasteiger partial charge in [0.05, 0.1) is 16.9 Å². The Morgan fingerprint density at radius 3 is 2.71 bits per heavy atom. The quantitative estimate of drug-likeness (QED) is 0.773. The number of rotatable bonds is 4. The molecule has 1 aliphatic rings. The highest BCUT2D eigenvalue weighted by molar-refractivity contribution is 6.00. The van der Waals surface area contributed by atoms with Gasteiger partial charge in [-0.2, -0.15) is 0 Å². The van der Waals surface area contributed by atoms with Gasteiger partial charge in [0, 0.05) is 13.6 Å². The fraction of sp³-hybridized carbons (Fsp3) is 0.462. The van der Waals surface area contributed by atoms with E-state index in [4.69, 9.17) is 11.5 Å². The van der Waals surface area contributed by atoms with Gasteiger partial charge < -0.3 is 16.4 Å². The summed E-state index contributed by atoms with van der Waals surface area (Å²) in [5.74, 6) is 1.08. The average Bonchev–Trinajstić information content (AvgIpc) is 2.93. The van der Waals surface area contributed by atoms with Crippen LogP contribution in [0.2, 0.25) is 0 Å². The predicted octanol–water partition coefficient (Wildman–Crippen LogP) is 1.46. The number of nitrogens with two attached hydrogens (primary N) is 2. The van der Waals surface area contributed by atoms with Crippen LogP contribution in [0.3, 0.4) is 0 Å². The molecule has 4 nitrogen and oxygen atoms in total. The van der Waals surface area contributed by atoms with Crippen LogP contribution < -0.4 is 16.4 Å². The van der Waals surface area contributed by atoms with E-state index in [1.165, 1.54) is 6.42 Å². The maximum absolute atomic E-state index is 11.2. The summed E-state index contributed by atoms with van der Waals surface area (Å²) in [6.07, 6.45) is 1.28. The van der Waals surface area contributed by atoms with Gasteiger partial charge in [0.15, 0.2) is 0 Å². The van der Waals surface area contributed by atoms with Crippen molar-refractivity contribution in [3.05, 3.63) is 23.8 Å². The molecule has 1 aromatic carbocycles. The van der Waals surface area contributed by atoms with Gasteiger partial charge in [0.25, 0.3) is 5.91 Å². The zero-order chi connectivity index (χ0) is 12.6. The number of amides is 1. The number of nitrogens with zero attached hydrogens (tertiary/aromatic N) is 1. The lowest BCUT2D eigenvalue weighted by atomic mass is 10.1. The molecular formula is C13H19N3O. The molecule has 0 heterocycles. The minimum atomic E-state index is -0.475.